The Balaban J connectivity index is 3.20. The van der Waals surface area contributed by atoms with E-state index in [1.165, 1.54) is 18.9 Å². The molecule has 0 bridgehead atoms. The number of hydrogen-bond donors (Lipinski definition) is 2. The summed E-state index contributed by atoms with van der Waals surface area (Å²) >= 11 is 0. The molecule has 132 valence electrons. The molecular formula is C17H31N3O3. The Morgan fingerprint density at radius 2 is 1.35 bits per heavy atom. The fourth-order valence-electron chi connectivity index (χ4n) is 2.40. The quantitative estimate of drug-likeness (QED) is 0.259. The molecule has 6 nitrogen and oxygen atoms in total. The number of Topliss-reactive ketones (excluding diaryl/α,β-unsaturated/α-hetero) is 1. The summed E-state index contributed by atoms with van der Waals surface area (Å²) in [5, 5.41) is 2.58. The number of nitrogens with one attached hydrogen (secondary N) is 1. The molecule has 0 saturated heterocycles. The number of ketones is 1. The van der Waals surface area contributed by atoms with Gasteiger partial charge in [0.05, 0.1) is 6.54 Å². The Bertz CT molecular complexity index is 366. The van der Waals surface area contributed by atoms with Crippen molar-refractivity contribution in [2.24, 2.45) is 10.7 Å². The minimum atomic E-state index is -0.455. The van der Waals surface area contributed by atoms with Gasteiger partial charge < -0.3 is 11.1 Å². The number of primary amides is 1. The smallest absolute Gasteiger partial charge is 0.312 e. The largest absolute Gasteiger partial charge is 0.352 e. The number of nitrogens with two attached hydrogens (primary N) is 1. The lowest BCUT2D eigenvalue weighted by atomic mass is 10.0. The van der Waals surface area contributed by atoms with Gasteiger partial charge in [-0.1, -0.05) is 38.5 Å². The summed E-state index contributed by atoms with van der Waals surface area (Å²) in [7, 11) is 0. The number of isocyanates is 1. The zero-order valence-electron chi connectivity index (χ0n) is 14.1. The first-order valence-corrected chi connectivity index (χ1v) is 8.75. The van der Waals surface area contributed by atoms with E-state index in [-0.39, 0.29) is 0 Å². The Labute approximate surface area is 139 Å². The topological polar surface area (TPSA) is 102 Å². The summed E-state index contributed by atoms with van der Waals surface area (Å²) in [4.78, 5) is 35.5. The van der Waals surface area contributed by atoms with E-state index in [2.05, 4.69) is 10.3 Å². The highest BCUT2D eigenvalue weighted by atomic mass is 16.2. The van der Waals surface area contributed by atoms with Gasteiger partial charge in [-0.25, -0.2) is 14.6 Å². The van der Waals surface area contributed by atoms with Crippen molar-refractivity contribution < 1.29 is 14.4 Å². The molecule has 0 rings (SSSR count). The SMILES string of the molecule is NC(=O)NCCCCCCCCCC(=O)CCCCCN=C=O. The lowest BCUT2D eigenvalue weighted by molar-refractivity contribution is -0.119. The highest BCUT2D eigenvalue weighted by Crippen LogP contribution is 2.10. The minimum absolute atomic E-state index is 0.349. The molecular weight excluding hydrogens is 294 g/mol. The van der Waals surface area contributed by atoms with Crippen molar-refractivity contribution in [3.05, 3.63) is 0 Å². The van der Waals surface area contributed by atoms with Gasteiger partial charge in [0, 0.05) is 19.4 Å². The maximum atomic E-state index is 11.7. The molecule has 0 atom stereocenters. The third kappa shape index (κ3) is 18.3. The first-order chi connectivity index (χ1) is 11.2. The average Bonchev–Trinajstić information content (AvgIpc) is 2.52. The van der Waals surface area contributed by atoms with Crippen LogP contribution in [0.2, 0.25) is 0 Å². The van der Waals surface area contributed by atoms with Gasteiger partial charge in [0.1, 0.15) is 5.78 Å². The summed E-state index contributed by atoms with van der Waals surface area (Å²) in [5.74, 6) is 0.349. The number of carbonyl (C=O) groups excluding carboxylic acids is 3. The fraction of sp³-hybridized carbons (Fsp3) is 0.824. The number of amides is 2. The van der Waals surface area contributed by atoms with E-state index in [4.69, 9.17) is 5.73 Å². The summed E-state index contributed by atoms with van der Waals surface area (Å²) in [6.07, 6.45) is 13.2. The number of unbranched alkanes of at least 4 members (excludes halogenated alkanes) is 8. The number of nitrogens with zero attached hydrogens (tertiary/aromatic N) is 1. The third-order valence-corrected chi connectivity index (χ3v) is 3.72. The van der Waals surface area contributed by atoms with Crippen molar-refractivity contribution in [1.82, 2.24) is 5.32 Å². The normalized spacial score (nSPS) is 10.1. The number of hydrogen-bond acceptors (Lipinski definition) is 4. The van der Waals surface area contributed by atoms with E-state index in [0.29, 0.717) is 31.7 Å². The van der Waals surface area contributed by atoms with Crippen molar-refractivity contribution in [1.29, 1.82) is 0 Å². The standard InChI is InChI=1S/C17H31N3O3/c18-17(23)20-14-10-5-3-1-2-4-7-11-16(22)12-8-6-9-13-19-15-21/h1-14H2,(H3,18,20,23). The zero-order valence-corrected chi connectivity index (χ0v) is 14.1. The molecule has 0 radical (unpaired) electrons. The van der Waals surface area contributed by atoms with Gasteiger partial charge in [-0.3, -0.25) is 4.79 Å². The van der Waals surface area contributed by atoms with Gasteiger partial charge in [-0.15, -0.1) is 0 Å². The molecule has 0 unspecified atom stereocenters. The van der Waals surface area contributed by atoms with E-state index in [1.807, 2.05) is 0 Å². The molecule has 0 aliphatic rings. The Hall–Kier alpha value is -1.68. The highest BCUT2D eigenvalue weighted by molar-refractivity contribution is 5.78. The number of rotatable bonds is 16. The van der Waals surface area contributed by atoms with Gasteiger partial charge in [0.2, 0.25) is 6.08 Å². The Morgan fingerprint density at radius 3 is 1.91 bits per heavy atom. The molecule has 0 aromatic heterocycles. The third-order valence-electron chi connectivity index (χ3n) is 3.72. The van der Waals surface area contributed by atoms with Crippen LogP contribution in [0.1, 0.15) is 77.0 Å². The Kier molecular flexibility index (Phi) is 15.5. The predicted octanol–water partition coefficient (Wildman–Crippen LogP) is 3.24. The van der Waals surface area contributed by atoms with Crippen molar-refractivity contribution in [2.45, 2.75) is 77.0 Å². The molecule has 2 amide bonds. The second kappa shape index (κ2) is 16.7. The van der Waals surface area contributed by atoms with Crippen LogP contribution in [0.25, 0.3) is 0 Å². The van der Waals surface area contributed by atoms with Crippen LogP contribution in [0.3, 0.4) is 0 Å². The van der Waals surface area contributed by atoms with E-state index >= 15 is 0 Å². The first kappa shape index (κ1) is 21.3. The van der Waals surface area contributed by atoms with Crippen LogP contribution in [0, 0.1) is 0 Å². The summed E-state index contributed by atoms with van der Waals surface area (Å²) in [6, 6.07) is -0.455. The van der Waals surface area contributed by atoms with E-state index in [1.54, 1.807) is 0 Å². The summed E-state index contributed by atoms with van der Waals surface area (Å²) < 4.78 is 0. The van der Waals surface area contributed by atoms with Crippen LogP contribution in [-0.4, -0.2) is 31.0 Å². The van der Waals surface area contributed by atoms with Crippen LogP contribution in [0.5, 0.6) is 0 Å². The van der Waals surface area contributed by atoms with Gasteiger partial charge >= 0.3 is 6.03 Å². The number of urea groups is 1. The second-order valence-electron chi connectivity index (χ2n) is 5.84. The van der Waals surface area contributed by atoms with Gasteiger partial charge in [-0.2, -0.15) is 0 Å². The van der Waals surface area contributed by atoms with Gasteiger partial charge in [0.15, 0.2) is 0 Å². The molecule has 0 heterocycles. The fourth-order valence-corrected chi connectivity index (χ4v) is 2.40. The van der Waals surface area contributed by atoms with E-state index in [9.17, 15) is 14.4 Å². The molecule has 0 saturated carbocycles. The van der Waals surface area contributed by atoms with Crippen LogP contribution >= 0.6 is 0 Å². The lowest BCUT2D eigenvalue weighted by Gasteiger charge is -2.03. The van der Waals surface area contributed by atoms with Crippen LogP contribution in [-0.2, 0) is 9.59 Å². The van der Waals surface area contributed by atoms with E-state index in [0.717, 1.165) is 51.4 Å². The molecule has 0 aliphatic carbocycles. The van der Waals surface area contributed by atoms with Crippen molar-refractivity contribution in [2.75, 3.05) is 13.1 Å². The molecule has 3 N–H and O–H groups in total. The maximum absolute atomic E-state index is 11.7. The molecule has 0 aliphatic heterocycles. The monoisotopic (exact) mass is 325 g/mol. The lowest BCUT2D eigenvalue weighted by Crippen LogP contribution is -2.29. The highest BCUT2D eigenvalue weighted by Gasteiger charge is 2.01. The summed E-state index contributed by atoms with van der Waals surface area (Å²) in [5.41, 5.74) is 4.97. The van der Waals surface area contributed by atoms with Crippen LogP contribution < -0.4 is 11.1 Å². The number of aliphatic imine (C=N–C) groups is 1. The Morgan fingerprint density at radius 1 is 0.826 bits per heavy atom. The van der Waals surface area contributed by atoms with Crippen molar-refractivity contribution in [3.63, 3.8) is 0 Å². The van der Waals surface area contributed by atoms with Crippen molar-refractivity contribution >= 4 is 17.9 Å². The van der Waals surface area contributed by atoms with Crippen LogP contribution in [0.15, 0.2) is 4.99 Å². The predicted molar refractivity (Wildman–Crippen MR) is 91.0 cm³/mol. The molecule has 0 fully saturated rings. The molecule has 0 aromatic carbocycles. The van der Waals surface area contributed by atoms with Gasteiger partial charge in [0.25, 0.3) is 0 Å². The summed E-state index contributed by atoms with van der Waals surface area (Å²) in [6.45, 7) is 1.18. The first-order valence-electron chi connectivity index (χ1n) is 8.75. The molecule has 0 spiro atoms. The number of carbonyl (C=O) groups is 2. The second-order valence-corrected chi connectivity index (χ2v) is 5.84. The zero-order chi connectivity index (χ0) is 17.2. The van der Waals surface area contributed by atoms with Crippen molar-refractivity contribution in [3.8, 4) is 0 Å². The molecule has 23 heavy (non-hydrogen) atoms. The minimum Gasteiger partial charge on any atom is -0.352 e. The van der Waals surface area contributed by atoms with Gasteiger partial charge in [-0.05, 0) is 25.7 Å². The van der Waals surface area contributed by atoms with Crippen LogP contribution in [0.4, 0.5) is 4.79 Å². The average molecular weight is 325 g/mol. The van der Waals surface area contributed by atoms with E-state index < -0.39 is 6.03 Å². The maximum Gasteiger partial charge on any atom is 0.312 e. The molecule has 6 heteroatoms. The molecule has 0 aromatic rings.